The molecule has 0 aliphatic rings. The highest BCUT2D eigenvalue weighted by Gasteiger charge is 2.03. The molecule has 1 rings (SSSR count). The quantitative estimate of drug-likeness (QED) is 0.548. The summed E-state index contributed by atoms with van der Waals surface area (Å²) in [7, 11) is 0. The Hall–Kier alpha value is -1.31. The van der Waals surface area contributed by atoms with Gasteiger partial charge in [0.25, 0.3) is 0 Å². The van der Waals surface area contributed by atoms with Crippen LogP contribution in [-0.2, 0) is 0 Å². The predicted octanol–water partition coefficient (Wildman–Crippen LogP) is 2.25. The molecule has 0 aliphatic heterocycles. The van der Waals surface area contributed by atoms with Gasteiger partial charge in [-0.05, 0) is 18.6 Å². The van der Waals surface area contributed by atoms with Crippen molar-refractivity contribution in [2.75, 3.05) is 5.73 Å². The van der Waals surface area contributed by atoms with Gasteiger partial charge in [0.2, 0.25) is 0 Å². The van der Waals surface area contributed by atoms with Crippen molar-refractivity contribution < 1.29 is 4.79 Å². The van der Waals surface area contributed by atoms with Crippen LogP contribution in [-0.4, -0.2) is 5.78 Å². The van der Waals surface area contributed by atoms with Gasteiger partial charge in [-0.3, -0.25) is 4.79 Å². The van der Waals surface area contributed by atoms with E-state index in [1.54, 1.807) is 24.3 Å². The minimum Gasteiger partial charge on any atom is -0.399 e. The molecular weight excluding hydrogens is 150 g/mol. The van der Waals surface area contributed by atoms with E-state index in [2.05, 4.69) is 0 Å². The third-order valence-corrected chi connectivity index (χ3v) is 1.69. The maximum absolute atomic E-state index is 11.3. The summed E-state index contributed by atoms with van der Waals surface area (Å²) in [4.78, 5) is 11.3. The molecule has 1 aromatic rings. The first-order chi connectivity index (χ1) is 5.74. The fourth-order valence-electron chi connectivity index (χ4n) is 1.08. The average molecular weight is 163 g/mol. The minimum absolute atomic E-state index is 0.171. The lowest BCUT2D eigenvalue weighted by Gasteiger charge is -1.99. The Labute approximate surface area is 72.4 Å². The highest BCUT2D eigenvalue weighted by Crippen LogP contribution is 2.09. The second-order valence-electron chi connectivity index (χ2n) is 2.80. The van der Waals surface area contributed by atoms with Crippen LogP contribution in [0.15, 0.2) is 24.3 Å². The number of ketones is 1. The van der Waals surface area contributed by atoms with Crippen molar-refractivity contribution in [3.8, 4) is 0 Å². The summed E-state index contributed by atoms with van der Waals surface area (Å²) in [5, 5.41) is 0. The van der Waals surface area contributed by atoms with Crippen molar-refractivity contribution in [2.45, 2.75) is 19.8 Å². The normalized spacial score (nSPS) is 9.75. The number of anilines is 1. The molecule has 2 nitrogen and oxygen atoms in total. The number of nitrogen functional groups attached to an aromatic ring is 1. The molecule has 0 saturated carbocycles. The molecule has 0 atom stereocenters. The minimum atomic E-state index is 0.171. The first-order valence-corrected chi connectivity index (χ1v) is 4.12. The second kappa shape index (κ2) is 3.90. The molecule has 0 radical (unpaired) electrons. The van der Waals surface area contributed by atoms with Crippen molar-refractivity contribution in [3.05, 3.63) is 29.8 Å². The zero-order chi connectivity index (χ0) is 8.97. The van der Waals surface area contributed by atoms with Crippen LogP contribution in [0, 0.1) is 0 Å². The maximum atomic E-state index is 11.3. The van der Waals surface area contributed by atoms with Crippen molar-refractivity contribution in [1.82, 2.24) is 0 Å². The van der Waals surface area contributed by atoms with E-state index in [1.165, 1.54) is 0 Å². The molecule has 0 fully saturated rings. The Morgan fingerprint density at radius 1 is 1.50 bits per heavy atom. The van der Waals surface area contributed by atoms with E-state index in [4.69, 9.17) is 5.73 Å². The molecule has 0 spiro atoms. The number of hydrogen-bond acceptors (Lipinski definition) is 2. The third kappa shape index (κ3) is 2.09. The Kier molecular flexibility index (Phi) is 2.86. The third-order valence-electron chi connectivity index (χ3n) is 1.69. The summed E-state index contributed by atoms with van der Waals surface area (Å²) in [5.41, 5.74) is 6.91. The van der Waals surface area contributed by atoms with Crippen molar-refractivity contribution in [2.24, 2.45) is 0 Å². The Balaban J connectivity index is 2.81. The molecule has 1 aromatic carbocycles. The first kappa shape index (κ1) is 8.78. The number of Topliss-reactive ketones (excluding diaryl/α,β-unsaturated/α-hetero) is 1. The topological polar surface area (TPSA) is 43.1 Å². The number of carbonyl (C=O) groups is 1. The molecule has 0 heterocycles. The molecule has 2 N–H and O–H groups in total. The Bertz CT molecular complexity index is 281. The molecule has 2 heteroatoms. The van der Waals surface area contributed by atoms with Crippen LogP contribution in [0.4, 0.5) is 5.69 Å². The van der Waals surface area contributed by atoms with Crippen LogP contribution in [0.3, 0.4) is 0 Å². The summed E-state index contributed by atoms with van der Waals surface area (Å²) >= 11 is 0. The summed E-state index contributed by atoms with van der Waals surface area (Å²) in [6.45, 7) is 1.99. The van der Waals surface area contributed by atoms with E-state index in [0.717, 1.165) is 12.0 Å². The molecule has 0 saturated heterocycles. The molecule has 0 aliphatic carbocycles. The number of benzene rings is 1. The SMILES string of the molecule is CCCC(=O)c1cccc(N)c1. The first-order valence-electron chi connectivity index (χ1n) is 4.12. The maximum Gasteiger partial charge on any atom is 0.162 e. The van der Waals surface area contributed by atoms with Crippen LogP contribution < -0.4 is 5.73 Å². The van der Waals surface area contributed by atoms with E-state index in [1.807, 2.05) is 6.92 Å². The average Bonchev–Trinajstić information content (AvgIpc) is 2.05. The fraction of sp³-hybridized carbons (Fsp3) is 0.300. The van der Waals surface area contributed by atoms with Crippen LogP contribution in [0.5, 0.6) is 0 Å². The van der Waals surface area contributed by atoms with E-state index in [-0.39, 0.29) is 5.78 Å². The van der Waals surface area contributed by atoms with E-state index in [0.29, 0.717) is 12.1 Å². The van der Waals surface area contributed by atoms with E-state index < -0.39 is 0 Å². The van der Waals surface area contributed by atoms with Crippen LogP contribution in [0.25, 0.3) is 0 Å². The van der Waals surface area contributed by atoms with Crippen molar-refractivity contribution in [1.29, 1.82) is 0 Å². The van der Waals surface area contributed by atoms with Gasteiger partial charge in [-0.1, -0.05) is 19.1 Å². The van der Waals surface area contributed by atoms with Crippen molar-refractivity contribution >= 4 is 11.5 Å². The fourth-order valence-corrected chi connectivity index (χ4v) is 1.08. The number of rotatable bonds is 3. The molecule has 12 heavy (non-hydrogen) atoms. The lowest BCUT2D eigenvalue weighted by atomic mass is 10.1. The van der Waals surface area contributed by atoms with Gasteiger partial charge in [0.1, 0.15) is 0 Å². The largest absolute Gasteiger partial charge is 0.399 e. The van der Waals surface area contributed by atoms with Crippen LogP contribution in [0.1, 0.15) is 30.1 Å². The highest BCUT2D eigenvalue weighted by atomic mass is 16.1. The van der Waals surface area contributed by atoms with Gasteiger partial charge in [-0.15, -0.1) is 0 Å². The lowest BCUT2D eigenvalue weighted by Crippen LogP contribution is -1.98. The molecule has 0 unspecified atom stereocenters. The lowest BCUT2D eigenvalue weighted by molar-refractivity contribution is 0.0982. The predicted molar refractivity (Wildman–Crippen MR) is 50.1 cm³/mol. The van der Waals surface area contributed by atoms with Gasteiger partial charge in [-0.2, -0.15) is 0 Å². The summed E-state index contributed by atoms with van der Waals surface area (Å²) in [5.74, 6) is 0.171. The van der Waals surface area contributed by atoms with Gasteiger partial charge in [0.05, 0.1) is 0 Å². The number of nitrogens with two attached hydrogens (primary N) is 1. The smallest absolute Gasteiger partial charge is 0.162 e. The van der Waals surface area contributed by atoms with Gasteiger partial charge < -0.3 is 5.73 Å². The number of carbonyl (C=O) groups excluding carboxylic acids is 1. The summed E-state index contributed by atoms with van der Waals surface area (Å²) < 4.78 is 0. The Morgan fingerprint density at radius 2 is 2.25 bits per heavy atom. The molecule has 0 bridgehead atoms. The van der Waals surface area contributed by atoms with Gasteiger partial charge in [0.15, 0.2) is 5.78 Å². The standard InChI is InChI=1S/C10H13NO/c1-2-4-10(12)8-5-3-6-9(11)7-8/h3,5-7H,2,4,11H2,1H3. The number of hydrogen-bond donors (Lipinski definition) is 1. The molecule has 0 amide bonds. The summed E-state index contributed by atoms with van der Waals surface area (Å²) in [6.07, 6.45) is 1.48. The molecular formula is C10H13NO. The Morgan fingerprint density at radius 3 is 2.83 bits per heavy atom. The highest BCUT2D eigenvalue weighted by molar-refractivity contribution is 5.96. The van der Waals surface area contributed by atoms with Crippen LogP contribution in [0.2, 0.25) is 0 Å². The zero-order valence-corrected chi connectivity index (χ0v) is 7.21. The van der Waals surface area contributed by atoms with Crippen molar-refractivity contribution in [3.63, 3.8) is 0 Å². The van der Waals surface area contributed by atoms with Gasteiger partial charge >= 0.3 is 0 Å². The molecule has 64 valence electrons. The van der Waals surface area contributed by atoms with Gasteiger partial charge in [0, 0.05) is 17.7 Å². The van der Waals surface area contributed by atoms with E-state index in [9.17, 15) is 4.79 Å². The van der Waals surface area contributed by atoms with Crippen LogP contribution >= 0.6 is 0 Å². The second-order valence-corrected chi connectivity index (χ2v) is 2.80. The van der Waals surface area contributed by atoms with Gasteiger partial charge in [-0.25, -0.2) is 0 Å². The van der Waals surface area contributed by atoms with E-state index >= 15 is 0 Å². The monoisotopic (exact) mass is 163 g/mol. The molecule has 0 aromatic heterocycles. The zero-order valence-electron chi connectivity index (χ0n) is 7.21. The summed E-state index contributed by atoms with van der Waals surface area (Å²) in [6, 6.07) is 7.10.